The van der Waals surface area contributed by atoms with Gasteiger partial charge < -0.3 is 10.2 Å². The minimum Gasteiger partial charge on any atom is -0.355 e. The SMILES string of the molecule is CCNC(=O)[C@H](Cc1ccccc1)N(Cc1ccccc1Cl)C(=O)CN(c1ccc(Cl)c(Cl)c1)S(C)(=O)=O. The highest BCUT2D eigenvalue weighted by atomic mass is 35.5. The molecule has 3 rings (SSSR count). The zero-order valence-corrected chi connectivity index (χ0v) is 24.0. The van der Waals surface area contributed by atoms with Gasteiger partial charge in [-0.3, -0.25) is 13.9 Å². The Bertz CT molecular complexity index is 1390. The molecule has 0 aliphatic heterocycles. The first kappa shape index (κ1) is 29.8. The highest BCUT2D eigenvalue weighted by molar-refractivity contribution is 7.92. The number of amides is 2. The van der Waals surface area contributed by atoms with Gasteiger partial charge in [0.1, 0.15) is 12.6 Å². The average molecular weight is 597 g/mol. The number of carbonyl (C=O) groups is 2. The lowest BCUT2D eigenvalue weighted by atomic mass is 10.0. The Balaban J connectivity index is 2.06. The highest BCUT2D eigenvalue weighted by Crippen LogP contribution is 2.29. The lowest BCUT2D eigenvalue weighted by molar-refractivity contribution is -0.140. The van der Waals surface area contributed by atoms with Gasteiger partial charge in [0.25, 0.3) is 0 Å². The smallest absolute Gasteiger partial charge is 0.244 e. The molecule has 0 fully saturated rings. The molecule has 0 bridgehead atoms. The van der Waals surface area contributed by atoms with Crippen molar-refractivity contribution in [2.45, 2.75) is 25.9 Å². The van der Waals surface area contributed by atoms with E-state index in [4.69, 9.17) is 34.8 Å². The van der Waals surface area contributed by atoms with Gasteiger partial charge >= 0.3 is 0 Å². The predicted molar refractivity (Wildman–Crippen MR) is 153 cm³/mol. The lowest BCUT2D eigenvalue weighted by Gasteiger charge is -2.33. The molecular formula is C27H28Cl3N3O4S. The fraction of sp³-hybridized carbons (Fsp3) is 0.259. The Labute approximate surface area is 238 Å². The third-order valence-electron chi connectivity index (χ3n) is 5.79. The number of likely N-dealkylation sites (N-methyl/N-ethyl adjacent to an activating group) is 1. The van der Waals surface area contributed by atoms with Crippen molar-refractivity contribution < 1.29 is 18.0 Å². The first-order chi connectivity index (χ1) is 18.0. The van der Waals surface area contributed by atoms with Gasteiger partial charge in [-0.1, -0.05) is 83.3 Å². The third kappa shape index (κ3) is 7.86. The monoisotopic (exact) mass is 595 g/mol. The van der Waals surface area contributed by atoms with E-state index < -0.39 is 28.5 Å². The van der Waals surface area contributed by atoms with Crippen LogP contribution in [0.15, 0.2) is 72.8 Å². The molecule has 0 aliphatic rings. The minimum absolute atomic E-state index is 0.00782. The van der Waals surface area contributed by atoms with Crippen molar-refractivity contribution in [1.82, 2.24) is 10.2 Å². The van der Waals surface area contributed by atoms with Gasteiger partial charge in [-0.25, -0.2) is 8.42 Å². The second-order valence-electron chi connectivity index (χ2n) is 8.58. The van der Waals surface area contributed by atoms with Crippen LogP contribution in [0.2, 0.25) is 15.1 Å². The first-order valence-corrected chi connectivity index (χ1v) is 14.8. The van der Waals surface area contributed by atoms with E-state index >= 15 is 0 Å². The number of sulfonamides is 1. The fourth-order valence-electron chi connectivity index (χ4n) is 3.91. The normalized spacial score (nSPS) is 12.0. The van der Waals surface area contributed by atoms with Crippen molar-refractivity contribution in [3.05, 3.63) is 99.0 Å². The Kier molecular flexibility index (Phi) is 10.4. The number of carbonyl (C=O) groups excluding carboxylic acids is 2. The zero-order valence-electron chi connectivity index (χ0n) is 20.9. The average Bonchev–Trinajstić information content (AvgIpc) is 2.87. The molecule has 0 saturated heterocycles. The molecule has 1 atom stereocenters. The molecule has 0 saturated carbocycles. The molecule has 3 aromatic carbocycles. The summed E-state index contributed by atoms with van der Waals surface area (Å²) < 4.78 is 26.5. The standard InChI is InChI=1S/C27H28Cl3N3O4S/c1-3-31-27(35)25(15-19-9-5-4-6-10-19)32(17-20-11-7-8-12-22(20)28)26(34)18-33(38(2,36)37)21-13-14-23(29)24(30)16-21/h4-14,16,25H,3,15,17-18H2,1-2H3,(H,31,35)/t25-/m0/s1. The number of anilines is 1. The maximum Gasteiger partial charge on any atom is 0.244 e. The molecule has 0 radical (unpaired) electrons. The van der Waals surface area contributed by atoms with Crippen LogP contribution in [0.1, 0.15) is 18.1 Å². The van der Waals surface area contributed by atoms with Gasteiger partial charge in [-0.15, -0.1) is 0 Å². The molecule has 0 heterocycles. The van der Waals surface area contributed by atoms with E-state index in [1.165, 1.54) is 23.1 Å². The van der Waals surface area contributed by atoms with E-state index in [0.29, 0.717) is 17.1 Å². The summed E-state index contributed by atoms with van der Waals surface area (Å²) in [5, 5.41) is 3.61. The molecule has 0 aliphatic carbocycles. The molecule has 7 nitrogen and oxygen atoms in total. The van der Waals surface area contributed by atoms with E-state index in [2.05, 4.69) is 5.32 Å². The van der Waals surface area contributed by atoms with E-state index in [-0.39, 0.29) is 34.6 Å². The number of nitrogens with one attached hydrogen (secondary N) is 1. The van der Waals surface area contributed by atoms with Crippen LogP contribution in [0.5, 0.6) is 0 Å². The van der Waals surface area contributed by atoms with Gasteiger partial charge in [0.15, 0.2) is 0 Å². The van der Waals surface area contributed by atoms with Crippen LogP contribution in [-0.4, -0.2) is 50.5 Å². The Morgan fingerprint density at radius 1 is 0.895 bits per heavy atom. The first-order valence-electron chi connectivity index (χ1n) is 11.8. The van der Waals surface area contributed by atoms with Crippen molar-refractivity contribution in [2.24, 2.45) is 0 Å². The molecule has 1 N–H and O–H groups in total. The fourth-order valence-corrected chi connectivity index (χ4v) is 5.24. The largest absolute Gasteiger partial charge is 0.355 e. The molecule has 11 heteroatoms. The van der Waals surface area contributed by atoms with Crippen molar-refractivity contribution in [2.75, 3.05) is 23.7 Å². The van der Waals surface area contributed by atoms with Crippen molar-refractivity contribution in [3.63, 3.8) is 0 Å². The van der Waals surface area contributed by atoms with Gasteiger partial charge in [-0.05, 0) is 42.3 Å². The summed E-state index contributed by atoms with van der Waals surface area (Å²) in [6.07, 6.45) is 1.21. The highest BCUT2D eigenvalue weighted by Gasteiger charge is 2.33. The summed E-state index contributed by atoms with van der Waals surface area (Å²) in [6.45, 7) is 1.57. The van der Waals surface area contributed by atoms with Gasteiger partial charge in [0, 0.05) is 24.5 Å². The van der Waals surface area contributed by atoms with Gasteiger partial charge in [-0.2, -0.15) is 0 Å². The number of nitrogens with zero attached hydrogens (tertiary/aromatic N) is 2. The summed E-state index contributed by atoms with van der Waals surface area (Å²) in [5.41, 5.74) is 1.63. The molecule has 3 aromatic rings. The maximum atomic E-state index is 13.9. The van der Waals surface area contributed by atoms with Gasteiger partial charge in [0.2, 0.25) is 21.8 Å². The summed E-state index contributed by atoms with van der Waals surface area (Å²) in [5.74, 6) is -0.953. The molecule has 2 amide bonds. The molecular weight excluding hydrogens is 569 g/mol. The van der Waals surface area contributed by atoms with Crippen LogP contribution < -0.4 is 9.62 Å². The van der Waals surface area contributed by atoms with Gasteiger partial charge in [0.05, 0.1) is 22.0 Å². The van der Waals surface area contributed by atoms with Crippen molar-refractivity contribution in [3.8, 4) is 0 Å². The molecule has 0 unspecified atom stereocenters. The second kappa shape index (κ2) is 13.3. The molecule has 0 spiro atoms. The topological polar surface area (TPSA) is 86.8 Å². The Morgan fingerprint density at radius 2 is 1.55 bits per heavy atom. The van der Waals surface area contributed by atoms with Crippen molar-refractivity contribution >= 4 is 62.3 Å². The van der Waals surface area contributed by atoms with E-state index in [9.17, 15) is 18.0 Å². The number of rotatable bonds is 11. The predicted octanol–water partition coefficient (Wildman–Crippen LogP) is 5.19. The third-order valence-corrected chi connectivity index (χ3v) is 8.04. The number of hydrogen-bond donors (Lipinski definition) is 1. The van der Waals surface area contributed by atoms with Crippen molar-refractivity contribution in [1.29, 1.82) is 0 Å². The van der Waals surface area contributed by atoms with Crippen LogP contribution in [0, 0.1) is 0 Å². The lowest BCUT2D eigenvalue weighted by Crippen LogP contribution is -2.53. The zero-order chi connectivity index (χ0) is 27.9. The molecule has 202 valence electrons. The number of benzene rings is 3. The summed E-state index contributed by atoms with van der Waals surface area (Å²) >= 11 is 18.6. The second-order valence-corrected chi connectivity index (χ2v) is 11.7. The quantitative estimate of drug-likeness (QED) is 0.330. The van der Waals surface area contributed by atoms with E-state index in [0.717, 1.165) is 16.1 Å². The summed E-state index contributed by atoms with van der Waals surface area (Å²) in [6, 6.07) is 19.6. The van der Waals surface area contributed by atoms with Crippen LogP contribution in [-0.2, 0) is 32.6 Å². The Hall–Kier alpha value is -2.78. The number of halogens is 3. The van der Waals surface area contributed by atoms with Crippen LogP contribution in [0.3, 0.4) is 0 Å². The van der Waals surface area contributed by atoms with E-state index in [1.54, 1.807) is 31.2 Å². The molecule has 38 heavy (non-hydrogen) atoms. The van der Waals surface area contributed by atoms with Crippen LogP contribution in [0.25, 0.3) is 0 Å². The number of hydrogen-bond acceptors (Lipinski definition) is 4. The van der Waals surface area contributed by atoms with Crippen LogP contribution in [0.4, 0.5) is 5.69 Å². The summed E-state index contributed by atoms with van der Waals surface area (Å²) in [4.78, 5) is 28.6. The maximum absolute atomic E-state index is 13.9. The summed E-state index contributed by atoms with van der Waals surface area (Å²) in [7, 11) is -3.91. The molecule has 0 aromatic heterocycles. The van der Waals surface area contributed by atoms with Crippen LogP contribution >= 0.6 is 34.8 Å². The Morgan fingerprint density at radius 3 is 2.16 bits per heavy atom. The van der Waals surface area contributed by atoms with E-state index in [1.807, 2.05) is 30.3 Å². The minimum atomic E-state index is -3.91.